The lowest BCUT2D eigenvalue weighted by molar-refractivity contribution is 0.105. The molecule has 1 aliphatic carbocycles. The predicted molar refractivity (Wildman–Crippen MR) is 55.9 cm³/mol. The third-order valence-electron chi connectivity index (χ3n) is 3.44. The number of pyridine rings is 1. The van der Waals surface area contributed by atoms with Crippen LogP contribution in [0.15, 0.2) is 24.5 Å². The summed E-state index contributed by atoms with van der Waals surface area (Å²) in [5.41, 5.74) is 1.57. The fourth-order valence-electron chi connectivity index (χ4n) is 1.98. The van der Waals surface area contributed by atoms with Crippen LogP contribution in [0.3, 0.4) is 0 Å². The van der Waals surface area contributed by atoms with Crippen molar-refractivity contribution in [2.75, 3.05) is 0 Å². The summed E-state index contributed by atoms with van der Waals surface area (Å²) in [6.07, 6.45) is 8.06. The molecule has 0 aliphatic heterocycles. The van der Waals surface area contributed by atoms with E-state index in [1.165, 1.54) is 18.4 Å². The van der Waals surface area contributed by atoms with Gasteiger partial charge >= 0.3 is 0 Å². The van der Waals surface area contributed by atoms with Crippen molar-refractivity contribution in [3.05, 3.63) is 30.1 Å². The van der Waals surface area contributed by atoms with Gasteiger partial charge in [0.1, 0.15) is 0 Å². The van der Waals surface area contributed by atoms with Crippen molar-refractivity contribution in [2.45, 2.75) is 38.7 Å². The van der Waals surface area contributed by atoms with Gasteiger partial charge in [-0.25, -0.2) is 0 Å². The molecule has 1 fully saturated rings. The standard InChI is InChI=1S/C12H17NO/c1-10(14)12(6-7-12)5-2-11-3-8-13-9-4-11/h3-4,8-10,14H,2,5-7H2,1H3. The molecule has 1 unspecified atom stereocenters. The van der Waals surface area contributed by atoms with Gasteiger partial charge in [0.05, 0.1) is 6.10 Å². The largest absolute Gasteiger partial charge is 0.393 e. The van der Waals surface area contributed by atoms with Crippen molar-refractivity contribution < 1.29 is 5.11 Å². The van der Waals surface area contributed by atoms with Crippen molar-refractivity contribution in [1.82, 2.24) is 4.98 Å². The average molecular weight is 191 g/mol. The van der Waals surface area contributed by atoms with E-state index >= 15 is 0 Å². The van der Waals surface area contributed by atoms with Gasteiger partial charge in [-0.2, -0.15) is 0 Å². The summed E-state index contributed by atoms with van der Waals surface area (Å²) in [4.78, 5) is 3.99. The van der Waals surface area contributed by atoms with Crippen LogP contribution >= 0.6 is 0 Å². The molecular weight excluding hydrogens is 174 g/mol. The highest BCUT2D eigenvalue weighted by atomic mass is 16.3. The Hall–Kier alpha value is -0.890. The maximum Gasteiger partial charge on any atom is 0.0568 e. The molecule has 2 nitrogen and oxygen atoms in total. The number of hydrogen-bond acceptors (Lipinski definition) is 2. The Kier molecular flexibility index (Phi) is 2.55. The molecule has 1 N–H and O–H groups in total. The lowest BCUT2D eigenvalue weighted by atomic mass is 9.92. The number of rotatable bonds is 4. The highest BCUT2D eigenvalue weighted by Gasteiger charge is 2.45. The first kappa shape index (κ1) is 9.66. The number of aryl methyl sites for hydroxylation is 1. The molecule has 0 amide bonds. The van der Waals surface area contributed by atoms with E-state index < -0.39 is 0 Å². The van der Waals surface area contributed by atoms with Crippen LogP contribution in [0.4, 0.5) is 0 Å². The molecule has 0 bridgehead atoms. The number of aliphatic hydroxyl groups excluding tert-OH is 1. The van der Waals surface area contributed by atoms with E-state index in [-0.39, 0.29) is 11.5 Å². The van der Waals surface area contributed by atoms with Crippen LogP contribution in [0.1, 0.15) is 31.7 Å². The minimum atomic E-state index is -0.149. The van der Waals surface area contributed by atoms with Gasteiger partial charge in [-0.1, -0.05) is 0 Å². The third kappa shape index (κ3) is 1.95. The molecule has 1 aromatic heterocycles. The van der Waals surface area contributed by atoms with Crippen molar-refractivity contribution in [2.24, 2.45) is 5.41 Å². The van der Waals surface area contributed by atoms with Crippen LogP contribution in [-0.2, 0) is 6.42 Å². The van der Waals surface area contributed by atoms with Gasteiger partial charge in [0.2, 0.25) is 0 Å². The van der Waals surface area contributed by atoms with E-state index in [0.29, 0.717) is 0 Å². The highest BCUT2D eigenvalue weighted by Crippen LogP contribution is 2.52. The molecule has 2 heteroatoms. The highest BCUT2D eigenvalue weighted by molar-refractivity contribution is 5.11. The lowest BCUT2D eigenvalue weighted by Gasteiger charge is -2.17. The lowest BCUT2D eigenvalue weighted by Crippen LogP contribution is -2.18. The molecule has 1 atom stereocenters. The summed E-state index contributed by atoms with van der Waals surface area (Å²) < 4.78 is 0. The molecule has 1 aliphatic rings. The van der Waals surface area contributed by atoms with Crippen LogP contribution in [0.25, 0.3) is 0 Å². The van der Waals surface area contributed by atoms with E-state index in [0.717, 1.165) is 12.8 Å². The molecule has 0 saturated heterocycles. The van der Waals surface area contributed by atoms with Crippen molar-refractivity contribution in [1.29, 1.82) is 0 Å². The molecule has 2 rings (SSSR count). The zero-order chi connectivity index (χ0) is 10.0. The average Bonchev–Trinajstić information content (AvgIpc) is 2.97. The first-order chi connectivity index (χ1) is 6.73. The van der Waals surface area contributed by atoms with Gasteiger partial charge in [0.15, 0.2) is 0 Å². The second-order valence-electron chi connectivity index (χ2n) is 4.39. The van der Waals surface area contributed by atoms with Gasteiger partial charge < -0.3 is 5.11 Å². The Labute approximate surface area is 85.0 Å². The predicted octanol–water partition coefficient (Wildman–Crippen LogP) is 2.18. The monoisotopic (exact) mass is 191 g/mol. The van der Waals surface area contributed by atoms with Gasteiger partial charge in [0, 0.05) is 12.4 Å². The zero-order valence-electron chi connectivity index (χ0n) is 8.61. The molecule has 1 aromatic rings. The van der Waals surface area contributed by atoms with Gasteiger partial charge in [-0.15, -0.1) is 0 Å². The normalized spacial score (nSPS) is 20.4. The molecule has 0 radical (unpaired) electrons. The molecule has 1 heterocycles. The van der Waals surface area contributed by atoms with Crippen LogP contribution in [0, 0.1) is 5.41 Å². The Balaban J connectivity index is 1.89. The topological polar surface area (TPSA) is 33.1 Å². The molecule has 14 heavy (non-hydrogen) atoms. The Morgan fingerprint density at radius 2 is 2.07 bits per heavy atom. The smallest absolute Gasteiger partial charge is 0.0568 e. The summed E-state index contributed by atoms with van der Waals surface area (Å²) in [5, 5.41) is 9.61. The molecular formula is C12H17NO. The number of aromatic nitrogens is 1. The first-order valence-electron chi connectivity index (χ1n) is 5.30. The van der Waals surface area contributed by atoms with E-state index in [1.54, 1.807) is 0 Å². The maximum absolute atomic E-state index is 9.61. The molecule has 1 saturated carbocycles. The van der Waals surface area contributed by atoms with Crippen LogP contribution in [-0.4, -0.2) is 16.2 Å². The third-order valence-corrected chi connectivity index (χ3v) is 3.44. The van der Waals surface area contributed by atoms with E-state index in [1.807, 2.05) is 19.3 Å². The van der Waals surface area contributed by atoms with Crippen LogP contribution in [0.5, 0.6) is 0 Å². The summed E-state index contributed by atoms with van der Waals surface area (Å²) in [7, 11) is 0. The number of hydrogen-bond donors (Lipinski definition) is 1. The maximum atomic E-state index is 9.61. The van der Waals surface area contributed by atoms with Crippen molar-refractivity contribution >= 4 is 0 Å². The van der Waals surface area contributed by atoms with E-state index in [9.17, 15) is 5.11 Å². The number of aliphatic hydroxyl groups is 1. The summed E-state index contributed by atoms with van der Waals surface area (Å²) in [6.45, 7) is 1.92. The summed E-state index contributed by atoms with van der Waals surface area (Å²) in [5.74, 6) is 0. The molecule has 0 aromatic carbocycles. The summed E-state index contributed by atoms with van der Waals surface area (Å²) >= 11 is 0. The summed E-state index contributed by atoms with van der Waals surface area (Å²) in [6, 6.07) is 4.11. The Morgan fingerprint density at radius 3 is 2.57 bits per heavy atom. The second kappa shape index (κ2) is 3.70. The van der Waals surface area contributed by atoms with Crippen molar-refractivity contribution in [3.8, 4) is 0 Å². The Bertz CT molecular complexity index is 290. The second-order valence-corrected chi connectivity index (χ2v) is 4.39. The number of nitrogens with zero attached hydrogens (tertiary/aromatic N) is 1. The van der Waals surface area contributed by atoms with E-state index in [2.05, 4.69) is 17.1 Å². The van der Waals surface area contributed by atoms with Gasteiger partial charge in [-0.3, -0.25) is 4.98 Å². The van der Waals surface area contributed by atoms with Gasteiger partial charge in [-0.05, 0) is 55.7 Å². The molecule has 76 valence electrons. The molecule has 0 spiro atoms. The zero-order valence-corrected chi connectivity index (χ0v) is 8.61. The van der Waals surface area contributed by atoms with Gasteiger partial charge in [0.25, 0.3) is 0 Å². The fourth-order valence-corrected chi connectivity index (χ4v) is 1.98. The SMILES string of the molecule is CC(O)C1(CCc2ccncc2)CC1. The first-order valence-corrected chi connectivity index (χ1v) is 5.30. The van der Waals surface area contributed by atoms with Crippen molar-refractivity contribution in [3.63, 3.8) is 0 Å². The quantitative estimate of drug-likeness (QED) is 0.791. The van der Waals surface area contributed by atoms with Crippen LogP contribution in [0.2, 0.25) is 0 Å². The minimum absolute atomic E-state index is 0.149. The Morgan fingerprint density at radius 1 is 1.43 bits per heavy atom. The van der Waals surface area contributed by atoms with E-state index in [4.69, 9.17) is 0 Å². The van der Waals surface area contributed by atoms with Crippen LogP contribution < -0.4 is 0 Å². The minimum Gasteiger partial charge on any atom is -0.393 e. The fraction of sp³-hybridized carbons (Fsp3) is 0.583.